The van der Waals surface area contributed by atoms with E-state index in [0.29, 0.717) is 6.04 Å². The van der Waals surface area contributed by atoms with Gasteiger partial charge in [-0.1, -0.05) is 12.1 Å². The number of benzene rings is 1. The molecule has 0 radical (unpaired) electrons. The van der Waals surface area contributed by atoms with Gasteiger partial charge in [-0.15, -0.1) is 0 Å². The summed E-state index contributed by atoms with van der Waals surface area (Å²) in [7, 11) is 0. The second-order valence-electron chi connectivity index (χ2n) is 6.89. The molecule has 120 valence electrons. The Hall–Kier alpha value is -0.970. The summed E-state index contributed by atoms with van der Waals surface area (Å²) >= 11 is 0. The quantitative estimate of drug-likeness (QED) is 0.835. The molecule has 1 aromatic carbocycles. The zero-order valence-electron chi connectivity index (χ0n) is 12.9. The van der Waals surface area contributed by atoms with Gasteiger partial charge in [0.15, 0.2) is 0 Å². The third-order valence-electron chi connectivity index (χ3n) is 5.19. The van der Waals surface area contributed by atoms with Gasteiger partial charge >= 0.3 is 0 Å². The van der Waals surface area contributed by atoms with Crippen molar-refractivity contribution in [2.45, 2.75) is 50.5 Å². The van der Waals surface area contributed by atoms with Gasteiger partial charge in [0.2, 0.25) is 0 Å². The minimum absolute atomic E-state index is 0.169. The van der Waals surface area contributed by atoms with Crippen molar-refractivity contribution in [2.75, 3.05) is 19.8 Å². The molecule has 3 atom stereocenters. The molecule has 0 amide bonds. The minimum Gasteiger partial charge on any atom is -0.375 e. The van der Waals surface area contributed by atoms with Gasteiger partial charge in [-0.2, -0.15) is 0 Å². The Kier molecular flexibility index (Phi) is 4.16. The predicted octanol–water partition coefficient (Wildman–Crippen LogP) is 2.98. The Morgan fingerprint density at radius 2 is 1.95 bits per heavy atom. The molecular weight excluding hydrogens is 281 g/mol. The fraction of sp³-hybridized carbons (Fsp3) is 0.667. The molecule has 2 saturated carbocycles. The van der Waals surface area contributed by atoms with Crippen molar-refractivity contribution >= 4 is 0 Å². The van der Waals surface area contributed by atoms with Gasteiger partial charge in [0, 0.05) is 25.7 Å². The number of fused-ring (bicyclic) bond motifs is 1. The molecule has 0 N–H and O–H groups in total. The van der Waals surface area contributed by atoms with E-state index >= 15 is 0 Å². The van der Waals surface area contributed by atoms with Crippen molar-refractivity contribution in [3.8, 4) is 0 Å². The lowest BCUT2D eigenvalue weighted by atomic mass is 10.1. The van der Waals surface area contributed by atoms with Gasteiger partial charge in [0.1, 0.15) is 5.82 Å². The summed E-state index contributed by atoms with van der Waals surface area (Å²) in [5.41, 5.74) is 1.17. The highest BCUT2D eigenvalue weighted by Gasteiger charge is 2.43. The summed E-state index contributed by atoms with van der Waals surface area (Å²) in [5, 5.41) is 0. The molecule has 22 heavy (non-hydrogen) atoms. The van der Waals surface area contributed by atoms with Crippen LogP contribution in [0.15, 0.2) is 24.3 Å². The molecule has 0 bridgehead atoms. The van der Waals surface area contributed by atoms with Crippen LogP contribution in [0.1, 0.15) is 31.2 Å². The minimum atomic E-state index is -0.169. The van der Waals surface area contributed by atoms with Crippen molar-refractivity contribution in [1.82, 2.24) is 4.90 Å². The van der Waals surface area contributed by atoms with Crippen LogP contribution in [-0.2, 0) is 16.0 Å². The Balaban J connectivity index is 1.38. The summed E-state index contributed by atoms with van der Waals surface area (Å²) in [6.07, 6.45) is 5.38. The molecule has 1 saturated heterocycles. The number of hydrogen-bond acceptors (Lipinski definition) is 3. The Morgan fingerprint density at radius 1 is 1.14 bits per heavy atom. The predicted molar refractivity (Wildman–Crippen MR) is 82.0 cm³/mol. The second kappa shape index (κ2) is 6.26. The number of rotatable bonds is 5. The van der Waals surface area contributed by atoms with Crippen LogP contribution in [0, 0.1) is 11.7 Å². The monoisotopic (exact) mass is 305 g/mol. The highest BCUT2D eigenvalue weighted by molar-refractivity contribution is 5.16. The topological polar surface area (TPSA) is 21.7 Å². The zero-order chi connectivity index (χ0) is 14.9. The SMILES string of the molecule is Fc1ccc(CN2CCO[C@H]3[C@H](OCC4CC4)CC[C@@H]32)cc1. The van der Waals surface area contributed by atoms with E-state index in [1.807, 2.05) is 12.1 Å². The van der Waals surface area contributed by atoms with Crippen molar-refractivity contribution in [2.24, 2.45) is 5.92 Å². The zero-order valence-corrected chi connectivity index (χ0v) is 12.9. The summed E-state index contributed by atoms with van der Waals surface area (Å²) in [4.78, 5) is 2.49. The lowest BCUT2D eigenvalue weighted by Gasteiger charge is -2.39. The van der Waals surface area contributed by atoms with Gasteiger partial charge in [0.05, 0.1) is 18.8 Å². The van der Waals surface area contributed by atoms with Crippen LogP contribution in [0.2, 0.25) is 0 Å². The number of morpholine rings is 1. The highest BCUT2D eigenvalue weighted by atomic mass is 19.1. The molecule has 0 unspecified atom stereocenters. The standard InChI is InChI=1S/C18H24FNO2/c19-15-5-3-13(4-6-15)11-20-9-10-21-18-16(20)7-8-17(18)22-12-14-1-2-14/h3-6,14,16-18H,1-2,7-12H2/t16-,17+,18+/m0/s1. The lowest BCUT2D eigenvalue weighted by molar-refractivity contribution is -0.116. The molecule has 1 heterocycles. The Labute approximate surface area is 131 Å². The molecule has 0 aromatic heterocycles. The van der Waals surface area contributed by atoms with E-state index in [4.69, 9.17) is 9.47 Å². The van der Waals surface area contributed by atoms with E-state index < -0.39 is 0 Å². The van der Waals surface area contributed by atoms with Crippen LogP contribution in [0.5, 0.6) is 0 Å². The first-order valence-electron chi connectivity index (χ1n) is 8.51. The summed E-state index contributed by atoms with van der Waals surface area (Å²) < 4.78 is 25.2. The van der Waals surface area contributed by atoms with Crippen LogP contribution < -0.4 is 0 Å². The van der Waals surface area contributed by atoms with Crippen LogP contribution in [0.4, 0.5) is 4.39 Å². The van der Waals surface area contributed by atoms with E-state index in [2.05, 4.69) is 4.90 Å². The third-order valence-corrected chi connectivity index (χ3v) is 5.19. The number of hydrogen-bond donors (Lipinski definition) is 0. The highest BCUT2D eigenvalue weighted by Crippen LogP contribution is 2.35. The maximum atomic E-state index is 13.0. The van der Waals surface area contributed by atoms with Crippen molar-refractivity contribution in [3.05, 3.63) is 35.6 Å². The molecule has 4 rings (SSSR count). The fourth-order valence-electron chi connectivity index (χ4n) is 3.73. The van der Waals surface area contributed by atoms with Crippen molar-refractivity contribution in [3.63, 3.8) is 0 Å². The molecule has 3 aliphatic rings. The normalized spacial score (nSPS) is 32.1. The molecule has 3 nitrogen and oxygen atoms in total. The number of halogens is 1. The number of ether oxygens (including phenoxy) is 2. The van der Waals surface area contributed by atoms with Crippen LogP contribution >= 0.6 is 0 Å². The van der Waals surface area contributed by atoms with E-state index in [0.717, 1.165) is 45.1 Å². The van der Waals surface area contributed by atoms with E-state index in [1.165, 1.54) is 18.4 Å². The van der Waals surface area contributed by atoms with Gasteiger partial charge in [-0.25, -0.2) is 4.39 Å². The van der Waals surface area contributed by atoms with Gasteiger partial charge in [0.25, 0.3) is 0 Å². The molecule has 0 spiro atoms. The van der Waals surface area contributed by atoms with Crippen LogP contribution in [0.25, 0.3) is 0 Å². The van der Waals surface area contributed by atoms with Gasteiger partial charge < -0.3 is 9.47 Å². The summed E-state index contributed by atoms with van der Waals surface area (Å²) in [6, 6.07) is 7.31. The fourth-order valence-corrected chi connectivity index (χ4v) is 3.73. The van der Waals surface area contributed by atoms with Crippen molar-refractivity contribution in [1.29, 1.82) is 0 Å². The summed E-state index contributed by atoms with van der Waals surface area (Å²) in [5.74, 6) is 0.635. The molecular formula is C18H24FNO2. The number of nitrogens with zero attached hydrogens (tertiary/aromatic N) is 1. The average molecular weight is 305 g/mol. The first kappa shape index (κ1) is 14.6. The maximum Gasteiger partial charge on any atom is 0.123 e. The van der Waals surface area contributed by atoms with Gasteiger partial charge in [-0.05, 0) is 49.3 Å². The van der Waals surface area contributed by atoms with Crippen molar-refractivity contribution < 1.29 is 13.9 Å². The van der Waals surface area contributed by atoms with Gasteiger partial charge in [-0.3, -0.25) is 4.90 Å². The average Bonchev–Trinajstić information content (AvgIpc) is 3.27. The molecule has 1 aliphatic heterocycles. The first-order chi connectivity index (χ1) is 10.8. The Morgan fingerprint density at radius 3 is 2.73 bits per heavy atom. The largest absolute Gasteiger partial charge is 0.375 e. The van der Waals surface area contributed by atoms with E-state index in [1.54, 1.807) is 12.1 Å². The Bertz CT molecular complexity index is 502. The maximum absolute atomic E-state index is 13.0. The second-order valence-corrected chi connectivity index (χ2v) is 6.89. The third kappa shape index (κ3) is 3.19. The van der Waals surface area contributed by atoms with E-state index in [9.17, 15) is 4.39 Å². The molecule has 3 fully saturated rings. The molecule has 4 heteroatoms. The first-order valence-corrected chi connectivity index (χ1v) is 8.51. The molecule has 2 aliphatic carbocycles. The summed E-state index contributed by atoms with van der Waals surface area (Å²) in [6.45, 7) is 3.51. The smallest absolute Gasteiger partial charge is 0.123 e. The molecule has 1 aromatic rings. The van der Waals surface area contributed by atoms with Crippen LogP contribution in [-0.4, -0.2) is 42.9 Å². The van der Waals surface area contributed by atoms with Crippen LogP contribution in [0.3, 0.4) is 0 Å². The van der Waals surface area contributed by atoms with E-state index in [-0.39, 0.29) is 18.0 Å². The lowest BCUT2D eigenvalue weighted by Crippen LogP contribution is -2.51.